The van der Waals surface area contributed by atoms with Gasteiger partial charge < -0.3 is 20.0 Å². The molecule has 0 bridgehead atoms. The first-order valence-corrected chi connectivity index (χ1v) is 9.28. The van der Waals surface area contributed by atoms with E-state index < -0.39 is 5.91 Å². The zero-order valence-corrected chi connectivity index (χ0v) is 15.8. The van der Waals surface area contributed by atoms with Crippen molar-refractivity contribution in [2.45, 2.75) is 31.7 Å². The number of hydrogen-bond donors (Lipinski definition) is 1. The van der Waals surface area contributed by atoms with Crippen LogP contribution in [0.15, 0.2) is 41.2 Å². The molecule has 3 amide bonds. The fourth-order valence-corrected chi connectivity index (χ4v) is 3.47. The number of hydrogen-bond acceptors (Lipinski definition) is 5. The molecular formula is C20H24N4O4. The SMILES string of the molecule is CN(C[C@H]1CCCCN1C(=O)Cc1ccoc1)C(=O)c1cccc(C(N)=O)n1. The molecule has 0 saturated carbocycles. The van der Waals surface area contributed by atoms with Crippen LogP contribution in [-0.2, 0) is 11.2 Å². The van der Waals surface area contributed by atoms with Crippen molar-refractivity contribution >= 4 is 17.7 Å². The summed E-state index contributed by atoms with van der Waals surface area (Å²) in [5.74, 6) is -0.961. The van der Waals surface area contributed by atoms with Crippen molar-refractivity contribution in [3.63, 3.8) is 0 Å². The number of aromatic nitrogens is 1. The maximum absolute atomic E-state index is 12.7. The Morgan fingerprint density at radius 1 is 1.25 bits per heavy atom. The van der Waals surface area contributed by atoms with Gasteiger partial charge in [-0.1, -0.05) is 6.07 Å². The van der Waals surface area contributed by atoms with Crippen LogP contribution in [0.4, 0.5) is 0 Å². The smallest absolute Gasteiger partial charge is 0.272 e. The summed E-state index contributed by atoms with van der Waals surface area (Å²) in [6, 6.07) is 6.32. The Bertz CT molecular complexity index is 850. The number of furan rings is 1. The molecule has 0 aromatic carbocycles. The number of carbonyl (C=O) groups is 3. The lowest BCUT2D eigenvalue weighted by molar-refractivity contribution is -0.134. The lowest BCUT2D eigenvalue weighted by Gasteiger charge is -2.38. The van der Waals surface area contributed by atoms with Crippen molar-refractivity contribution in [2.24, 2.45) is 5.73 Å². The van der Waals surface area contributed by atoms with E-state index in [2.05, 4.69) is 4.98 Å². The van der Waals surface area contributed by atoms with Gasteiger partial charge in [0.1, 0.15) is 11.4 Å². The number of nitrogens with zero attached hydrogens (tertiary/aromatic N) is 3. The number of likely N-dealkylation sites (tertiary alicyclic amines) is 1. The molecule has 8 nitrogen and oxygen atoms in total. The van der Waals surface area contributed by atoms with Crippen molar-refractivity contribution in [1.82, 2.24) is 14.8 Å². The summed E-state index contributed by atoms with van der Waals surface area (Å²) < 4.78 is 5.04. The molecule has 3 heterocycles. The highest BCUT2D eigenvalue weighted by Crippen LogP contribution is 2.20. The highest BCUT2D eigenvalue weighted by Gasteiger charge is 2.29. The zero-order valence-electron chi connectivity index (χ0n) is 15.8. The second kappa shape index (κ2) is 8.69. The average Bonchev–Trinajstić information content (AvgIpc) is 3.20. The molecule has 0 aliphatic carbocycles. The second-order valence-electron chi connectivity index (χ2n) is 7.00. The van der Waals surface area contributed by atoms with Gasteiger partial charge >= 0.3 is 0 Å². The van der Waals surface area contributed by atoms with Crippen LogP contribution in [0.2, 0.25) is 0 Å². The number of primary amides is 1. The number of pyridine rings is 1. The maximum atomic E-state index is 12.7. The highest BCUT2D eigenvalue weighted by molar-refractivity contribution is 5.95. The Hall–Kier alpha value is -3.16. The Labute approximate surface area is 163 Å². The largest absolute Gasteiger partial charge is 0.472 e. The maximum Gasteiger partial charge on any atom is 0.272 e. The van der Waals surface area contributed by atoms with Crippen LogP contribution in [0.5, 0.6) is 0 Å². The molecule has 1 fully saturated rings. The van der Waals surface area contributed by atoms with E-state index in [-0.39, 0.29) is 35.7 Å². The van der Waals surface area contributed by atoms with Gasteiger partial charge in [0.15, 0.2) is 0 Å². The summed E-state index contributed by atoms with van der Waals surface area (Å²) in [5, 5.41) is 0. The van der Waals surface area contributed by atoms with Crippen LogP contribution in [0.3, 0.4) is 0 Å². The minimum Gasteiger partial charge on any atom is -0.472 e. The summed E-state index contributed by atoms with van der Waals surface area (Å²) in [5.41, 5.74) is 6.29. The van der Waals surface area contributed by atoms with E-state index in [9.17, 15) is 14.4 Å². The molecule has 2 N–H and O–H groups in total. The summed E-state index contributed by atoms with van der Waals surface area (Å²) in [4.78, 5) is 44.2. The third-order valence-corrected chi connectivity index (χ3v) is 4.93. The first-order chi connectivity index (χ1) is 13.5. The molecule has 0 unspecified atom stereocenters. The van der Waals surface area contributed by atoms with E-state index in [1.807, 2.05) is 4.90 Å². The molecule has 3 rings (SSSR count). The van der Waals surface area contributed by atoms with Gasteiger partial charge in [-0.25, -0.2) is 4.98 Å². The Balaban J connectivity index is 1.67. The standard InChI is InChI=1S/C20H24N4O4/c1-23(20(27)17-7-4-6-16(22-17)19(21)26)12-15-5-2-3-9-24(15)18(25)11-14-8-10-28-13-14/h4,6-8,10,13,15H,2-3,5,9,11-12H2,1H3,(H2,21,26)/t15-/m1/s1. The molecule has 8 heteroatoms. The second-order valence-corrected chi connectivity index (χ2v) is 7.00. The van der Waals surface area contributed by atoms with Crippen LogP contribution in [0.1, 0.15) is 45.8 Å². The summed E-state index contributed by atoms with van der Waals surface area (Å²) >= 11 is 0. The number of amides is 3. The van der Waals surface area contributed by atoms with Crippen molar-refractivity contribution in [3.05, 3.63) is 53.7 Å². The number of likely N-dealkylation sites (N-methyl/N-ethyl adjacent to an activating group) is 1. The summed E-state index contributed by atoms with van der Waals surface area (Å²) in [7, 11) is 1.67. The van der Waals surface area contributed by atoms with Crippen molar-refractivity contribution in [2.75, 3.05) is 20.1 Å². The quantitative estimate of drug-likeness (QED) is 0.811. The average molecular weight is 384 g/mol. The van der Waals surface area contributed by atoms with Crippen LogP contribution < -0.4 is 5.73 Å². The van der Waals surface area contributed by atoms with Gasteiger partial charge in [0.2, 0.25) is 5.91 Å². The molecule has 0 radical (unpaired) electrons. The van der Waals surface area contributed by atoms with Crippen molar-refractivity contribution < 1.29 is 18.8 Å². The van der Waals surface area contributed by atoms with Gasteiger partial charge in [-0.2, -0.15) is 0 Å². The van der Waals surface area contributed by atoms with E-state index in [1.165, 1.54) is 6.07 Å². The van der Waals surface area contributed by atoms with Crippen LogP contribution >= 0.6 is 0 Å². The lowest BCUT2D eigenvalue weighted by atomic mass is 10.0. The highest BCUT2D eigenvalue weighted by atomic mass is 16.3. The monoisotopic (exact) mass is 384 g/mol. The number of rotatable bonds is 6. The third kappa shape index (κ3) is 4.57. The summed E-state index contributed by atoms with van der Waals surface area (Å²) in [6.07, 6.45) is 6.21. The van der Waals surface area contributed by atoms with Gasteiger partial charge in [0, 0.05) is 26.2 Å². The normalized spacial score (nSPS) is 16.6. The molecule has 1 atom stereocenters. The molecular weight excluding hydrogens is 360 g/mol. The molecule has 28 heavy (non-hydrogen) atoms. The van der Waals surface area contributed by atoms with Gasteiger partial charge in [0.25, 0.3) is 11.8 Å². The van der Waals surface area contributed by atoms with Gasteiger partial charge in [-0.05, 0) is 43.0 Å². The van der Waals surface area contributed by atoms with E-state index in [4.69, 9.17) is 10.2 Å². The van der Waals surface area contributed by atoms with Crippen molar-refractivity contribution in [3.8, 4) is 0 Å². The van der Waals surface area contributed by atoms with E-state index in [1.54, 1.807) is 42.7 Å². The first kappa shape index (κ1) is 19.6. The fraction of sp³-hybridized carbons (Fsp3) is 0.400. The first-order valence-electron chi connectivity index (χ1n) is 9.28. The molecule has 1 aliphatic heterocycles. The van der Waals surface area contributed by atoms with Gasteiger partial charge in [-0.15, -0.1) is 0 Å². The number of piperidine rings is 1. The predicted octanol–water partition coefficient (Wildman–Crippen LogP) is 1.47. The van der Waals surface area contributed by atoms with Crippen LogP contribution in [0.25, 0.3) is 0 Å². The van der Waals surface area contributed by atoms with E-state index >= 15 is 0 Å². The molecule has 2 aromatic rings. The summed E-state index contributed by atoms with van der Waals surface area (Å²) in [6.45, 7) is 1.08. The molecule has 148 valence electrons. The number of nitrogens with two attached hydrogens (primary N) is 1. The van der Waals surface area contributed by atoms with E-state index in [0.29, 0.717) is 13.1 Å². The minimum absolute atomic E-state index is 0.0285. The van der Waals surface area contributed by atoms with Crippen LogP contribution in [-0.4, -0.2) is 58.7 Å². The third-order valence-electron chi connectivity index (χ3n) is 4.93. The Morgan fingerprint density at radius 2 is 2.04 bits per heavy atom. The van der Waals surface area contributed by atoms with Gasteiger partial charge in [0.05, 0.1) is 18.9 Å². The molecule has 1 aliphatic rings. The topological polar surface area (TPSA) is 110 Å². The Kier molecular flexibility index (Phi) is 6.08. The number of carbonyl (C=O) groups excluding carboxylic acids is 3. The van der Waals surface area contributed by atoms with Crippen molar-refractivity contribution in [1.29, 1.82) is 0 Å². The molecule has 1 saturated heterocycles. The predicted molar refractivity (Wildman–Crippen MR) is 101 cm³/mol. The van der Waals surface area contributed by atoms with Gasteiger partial charge in [-0.3, -0.25) is 14.4 Å². The Morgan fingerprint density at radius 3 is 2.75 bits per heavy atom. The molecule has 0 spiro atoms. The minimum atomic E-state index is -0.680. The zero-order chi connectivity index (χ0) is 20.1. The van der Waals surface area contributed by atoms with E-state index in [0.717, 1.165) is 24.8 Å². The molecule has 2 aromatic heterocycles. The lowest BCUT2D eigenvalue weighted by Crippen LogP contribution is -2.50. The fourth-order valence-electron chi connectivity index (χ4n) is 3.47. The van der Waals surface area contributed by atoms with Crippen LogP contribution in [0, 0.1) is 0 Å².